The lowest BCUT2D eigenvalue weighted by Crippen LogP contribution is -2.08. The minimum absolute atomic E-state index is 0.628. The van der Waals surface area contributed by atoms with Gasteiger partial charge < -0.3 is 0 Å². The lowest BCUT2D eigenvalue weighted by Gasteiger charge is -2.07. The van der Waals surface area contributed by atoms with Gasteiger partial charge >= 0.3 is 6.18 Å². The number of alkyl halides is 3. The Morgan fingerprint density at radius 3 is 2.00 bits per heavy atom. The lowest BCUT2D eigenvalue weighted by atomic mass is 10.00. The molecule has 0 aliphatic heterocycles. The molecule has 1 rings (SSSR count). The second kappa shape index (κ2) is 5.91. The van der Waals surface area contributed by atoms with E-state index in [1.165, 1.54) is 6.08 Å². The third-order valence-electron chi connectivity index (χ3n) is 2.73. The van der Waals surface area contributed by atoms with Crippen LogP contribution in [-0.2, 0) is 0 Å². The van der Waals surface area contributed by atoms with E-state index in [9.17, 15) is 13.2 Å². The number of hydrogen-bond donors (Lipinski definition) is 0. The maximum Gasteiger partial charge on any atom is 0.412 e. The Bertz CT molecular complexity index is 511. The number of hydrogen-bond acceptors (Lipinski definition) is 0. The zero-order chi connectivity index (χ0) is 14.6. The highest BCUT2D eigenvalue weighted by atomic mass is 19.4. The van der Waals surface area contributed by atoms with Gasteiger partial charge in [-0.05, 0) is 31.9 Å². The second-order valence-corrected chi connectivity index (χ2v) is 4.55. The largest absolute Gasteiger partial charge is 0.412 e. The summed E-state index contributed by atoms with van der Waals surface area (Å²) in [6, 6.07) is 5.87. The number of allylic oxidation sites excluding steroid dienone is 5. The van der Waals surface area contributed by atoms with Crippen molar-refractivity contribution in [2.24, 2.45) is 0 Å². The smallest absolute Gasteiger partial charge is 0.166 e. The van der Waals surface area contributed by atoms with Crippen LogP contribution < -0.4 is 0 Å². The average Bonchev–Trinajstić information content (AvgIpc) is 2.27. The summed E-state index contributed by atoms with van der Waals surface area (Å²) in [5, 5.41) is 0. The van der Waals surface area contributed by atoms with Gasteiger partial charge in [0.05, 0.1) is 0 Å². The van der Waals surface area contributed by atoms with Crippen molar-refractivity contribution in [1.82, 2.24) is 0 Å². The average molecular weight is 266 g/mol. The quantitative estimate of drug-likeness (QED) is 0.644. The molecular weight excluding hydrogens is 249 g/mol. The molecule has 0 spiro atoms. The van der Waals surface area contributed by atoms with E-state index in [1.54, 1.807) is 6.08 Å². The normalized spacial score (nSPS) is 13.6. The first kappa shape index (κ1) is 15.3. The molecule has 1 aromatic carbocycles. The molecule has 0 amide bonds. The molecule has 0 N–H and O–H groups in total. The summed E-state index contributed by atoms with van der Waals surface area (Å²) in [5.74, 6) is 0. The molecular formula is C16H17F3. The Balaban J connectivity index is 3.17. The third-order valence-corrected chi connectivity index (χ3v) is 2.73. The Kier molecular flexibility index (Phi) is 4.76. The van der Waals surface area contributed by atoms with Gasteiger partial charge in [0, 0.05) is 5.57 Å². The predicted molar refractivity (Wildman–Crippen MR) is 73.9 cm³/mol. The molecule has 0 aliphatic carbocycles. The second-order valence-electron chi connectivity index (χ2n) is 4.55. The fourth-order valence-corrected chi connectivity index (χ4v) is 1.73. The van der Waals surface area contributed by atoms with Crippen LogP contribution in [0.5, 0.6) is 0 Å². The fraction of sp³-hybridized carbons (Fsp3) is 0.250. The fourth-order valence-electron chi connectivity index (χ4n) is 1.73. The van der Waals surface area contributed by atoms with Crippen LogP contribution in [0.15, 0.2) is 48.6 Å². The molecule has 0 atom stereocenters. The minimum atomic E-state index is -4.29. The van der Waals surface area contributed by atoms with Gasteiger partial charge in [-0.2, -0.15) is 13.2 Å². The Labute approximate surface area is 112 Å². The van der Waals surface area contributed by atoms with E-state index in [1.807, 2.05) is 32.0 Å². The summed E-state index contributed by atoms with van der Waals surface area (Å²) in [4.78, 5) is 0. The van der Waals surface area contributed by atoms with Gasteiger partial charge in [0.2, 0.25) is 0 Å². The zero-order valence-electron chi connectivity index (χ0n) is 11.3. The number of benzene rings is 1. The van der Waals surface area contributed by atoms with Gasteiger partial charge in [-0.25, -0.2) is 0 Å². The highest BCUT2D eigenvalue weighted by Crippen LogP contribution is 2.26. The number of aryl methyl sites for hydroxylation is 2. The number of rotatable bonds is 3. The van der Waals surface area contributed by atoms with Gasteiger partial charge in [-0.15, -0.1) is 0 Å². The molecule has 0 aromatic heterocycles. The highest BCUT2D eigenvalue weighted by Gasteiger charge is 2.29. The van der Waals surface area contributed by atoms with E-state index in [-0.39, 0.29) is 0 Å². The summed E-state index contributed by atoms with van der Waals surface area (Å²) < 4.78 is 37.2. The Hall–Kier alpha value is -1.77. The summed E-state index contributed by atoms with van der Waals surface area (Å²) in [7, 11) is 0. The summed E-state index contributed by atoms with van der Waals surface area (Å²) in [5.41, 5.74) is 3.06. The maximum absolute atomic E-state index is 12.4. The van der Waals surface area contributed by atoms with Gasteiger partial charge in [0.25, 0.3) is 0 Å². The predicted octanol–water partition coefficient (Wildman–Crippen LogP) is 5.38. The highest BCUT2D eigenvalue weighted by molar-refractivity contribution is 5.75. The molecule has 0 aliphatic rings. The van der Waals surface area contributed by atoms with E-state index in [0.29, 0.717) is 5.57 Å². The molecule has 0 nitrogen and oxygen atoms in total. The molecule has 0 heterocycles. The first-order valence-corrected chi connectivity index (χ1v) is 5.91. The van der Waals surface area contributed by atoms with Crippen LogP contribution in [0, 0.1) is 13.8 Å². The topological polar surface area (TPSA) is 0 Å². The van der Waals surface area contributed by atoms with E-state index >= 15 is 0 Å². The maximum atomic E-state index is 12.4. The van der Waals surface area contributed by atoms with Crippen molar-refractivity contribution in [3.8, 4) is 0 Å². The minimum Gasteiger partial charge on any atom is -0.166 e. The van der Waals surface area contributed by atoms with E-state index in [2.05, 4.69) is 6.58 Å². The van der Waals surface area contributed by atoms with E-state index in [4.69, 9.17) is 0 Å². The third kappa shape index (κ3) is 4.43. The molecule has 102 valence electrons. The van der Waals surface area contributed by atoms with Crippen LogP contribution in [-0.4, -0.2) is 6.18 Å². The van der Waals surface area contributed by atoms with Crippen LogP contribution in [0.25, 0.3) is 5.57 Å². The Morgan fingerprint density at radius 2 is 1.58 bits per heavy atom. The standard InChI is InChI=1S/C16H17F3/c1-5-14(7-6-13(4)16(17,18)19)15-9-11(2)8-12(3)10-15/h5-10H,1H2,2-4H3/b13-6+,14-7+. The monoisotopic (exact) mass is 266 g/mol. The van der Waals surface area contributed by atoms with Crippen LogP contribution in [0.3, 0.4) is 0 Å². The Morgan fingerprint density at radius 1 is 1.05 bits per heavy atom. The molecule has 19 heavy (non-hydrogen) atoms. The lowest BCUT2D eigenvalue weighted by molar-refractivity contribution is -0.0912. The zero-order valence-corrected chi connectivity index (χ0v) is 11.3. The van der Waals surface area contributed by atoms with Gasteiger partial charge in [0.1, 0.15) is 0 Å². The first-order chi connectivity index (χ1) is 8.74. The van der Waals surface area contributed by atoms with Crippen molar-refractivity contribution in [2.45, 2.75) is 26.9 Å². The van der Waals surface area contributed by atoms with Gasteiger partial charge in [-0.3, -0.25) is 0 Å². The van der Waals surface area contributed by atoms with Crippen molar-refractivity contribution >= 4 is 5.57 Å². The molecule has 3 heteroatoms. The van der Waals surface area contributed by atoms with Crippen molar-refractivity contribution in [2.75, 3.05) is 0 Å². The van der Waals surface area contributed by atoms with Gasteiger partial charge in [-0.1, -0.05) is 54.1 Å². The van der Waals surface area contributed by atoms with Crippen LogP contribution in [0.2, 0.25) is 0 Å². The molecule has 0 radical (unpaired) electrons. The molecule has 0 unspecified atom stereocenters. The van der Waals surface area contributed by atoms with Crippen LogP contribution in [0.4, 0.5) is 13.2 Å². The van der Waals surface area contributed by atoms with E-state index in [0.717, 1.165) is 29.7 Å². The SMILES string of the molecule is C=C/C(=C\C=C(/C)C(F)(F)F)c1cc(C)cc(C)c1. The first-order valence-electron chi connectivity index (χ1n) is 5.91. The number of halogens is 3. The molecule has 0 saturated carbocycles. The summed E-state index contributed by atoms with van der Waals surface area (Å²) in [6.45, 7) is 8.62. The van der Waals surface area contributed by atoms with Crippen molar-refractivity contribution in [1.29, 1.82) is 0 Å². The summed E-state index contributed by atoms with van der Waals surface area (Å²) in [6.07, 6.45) is -0.196. The van der Waals surface area contributed by atoms with Gasteiger partial charge in [0.15, 0.2) is 0 Å². The van der Waals surface area contributed by atoms with Crippen molar-refractivity contribution in [3.63, 3.8) is 0 Å². The molecule has 0 fully saturated rings. The van der Waals surface area contributed by atoms with Crippen molar-refractivity contribution in [3.05, 3.63) is 65.3 Å². The molecule has 1 aromatic rings. The van der Waals surface area contributed by atoms with Crippen LogP contribution >= 0.6 is 0 Å². The molecule has 0 bridgehead atoms. The van der Waals surface area contributed by atoms with E-state index < -0.39 is 11.7 Å². The van der Waals surface area contributed by atoms with Crippen molar-refractivity contribution < 1.29 is 13.2 Å². The van der Waals surface area contributed by atoms with Crippen LogP contribution in [0.1, 0.15) is 23.6 Å². The molecule has 0 saturated heterocycles. The summed E-state index contributed by atoms with van der Waals surface area (Å²) >= 11 is 0.